The van der Waals surface area contributed by atoms with Gasteiger partial charge in [0.1, 0.15) is 5.75 Å². The topological polar surface area (TPSA) is 90.4 Å². The molecule has 19 heavy (non-hydrogen) atoms. The highest BCUT2D eigenvalue weighted by Gasteiger charge is 2.02. The number of primary amides is 1. The summed E-state index contributed by atoms with van der Waals surface area (Å²) >= 11 is 0. The first-order chi connectivity index (χ1) is 8.97. The van der Waals surface area contributed by atoms with Crippen molar-refractivity contribution >= 4 is 17.3 Å². The molecular weight excluding hydrogens is 242 g/mol. The Bertz CT molecular complexity index is 419. The van der Waals surface area contributed by atoms with Crippen LogP contribution in [-0.4, -0.2) is 18.6 Å². The van der Waals surface area contributed by atoms with Gasteiger partial charge in [0.15, 0.2) is 0 Å². The lowest BCUT2D eigenvalue weighted by Gasteiger charge is -2.13. The SMILES string of the molecule is CC(C)Oc1cc(N)cc(NCCCCC(N)=O)c1. The number of ether oxygens (including phenoxy) is 1. The molecule has 5 N–H and O–H groups in total. The lowest BCUT2D eigenvalue weighted by atomic mass is 10.2. The quantitative estimate of drug-likeness (QED) is 0.496. The summed E-state index contributed by atoms with van der Waals surface area (Å²) in [6, 6.07) is 5.59. The third-order valence-corrected chi connectivity index (χ3v) is 2.48. The number of benzene rings is 1. The van der Waals surface area contributed by atoms with Crippen LogP contribution in [-0.2, 0) is 4.79 Å². The number of rotatable bonds is 8. The van der Waals surface area contributed by atoms with Crippen LogP contribution in [0, 0.1) is 0 Å². The molecule has 1 amide bonds. The van der Waals surface area contributed by atoms with Gasteiger partial charge in [-0.1, -0.05) is 0 Å². The average molecular weight is 265 g/mol. The Labute approximate surface area is 114 Å². The fourth-order valence-electron chi connectivity index (χ4n) is 1.72. The van der Waals surface area contributed by atoms with Crippen molar-refractivity contribution in [3.8, 4) is 5.75 Å². The zero-order chi connectivity index (χ0) is 14.3. The van der Waals surface area contributed by atoms with Crippen molar-refractivity contribution in [2.45, 2.75) is 39.2 Å². The average Bonchev–Trinajstić information content (AvgIpc) is 2.26. The van der Waals surface area contributed by atoms with Crippen LogP contribution in [0.3, 0.4) is 0 Å². The first-order valence-electron chi connectivity index (χ1n) is 6.57. The van der Waals surface area contributed by atoms with Gasteiger partial charge in [-0.15, -0.1) is 0 Å². The number of unbranched alkanes of at least 4 members (excludes halogenated alkanes) is 1. The molecule has 0 radical (unpaired) electrons. The Morgan fingerprint density at radius 2 is 2.05 bits per heavy atom. The van der Waals surface area contributed by atoms with E-state index in [4.69, 9.17) is 16.2 Å². The maximum Gasteiger partial charge on any atom is 0.217 e. The Morgan fingerprint density at radius 1 is 1.32 bits per heavy atom. The summed E-state index contributed by atoms with van der Waals surface area (Å²) in [6.45, 7) is 4.72. The molecule has 1 aromatic rings. The zero-order valence-corrected chi connectivity index (χ0v) is 11.6. The molecule has 0 saturated carbocycles. The van der Waals surface area contributed by atoms with Gasteiger partial charge in [0.25, 0.3) is 0 Å². The predicted molar refractivity (Wildman–Crippen MR) is 78.2 cm³/mol. The second-order valence-electron chi connectivity index (χ2n) is 4.81. The molecule has 1 rings (SSSR count). The molecular formula is C14H23N3O2. The Morgan fingerprint density at radius 3 is 2.68 bits per heavy atom. The number of carbonyl (C=O) groups excluding carboxylic acids is 1. The number of hydrogen-bond donors (Lipinski definition) is 3. The maximum atomic E-state index is 10.6. The summed E-state index contributed by atoms with van der Waals surface area (Å²) in [5.74, 6) is 0.506. The van der Waals surface area contributed by atoms with Gasteiger partial charge in [-0.2, -0.15) is 0 Å². The molecule has 0 unspecified atom stereocenters. The third-order valence-electron chi connectivity index (χ3n) is 2.48. The van der Waals surface area contributed by atoms with E-state index < -0.39 is 0 Å². The summed E-state index contributed by atoms with van der Waals surface area (Å²) in [4.78, 5) is 10.6. The van der Waals surface area contributed by atoms with Gasteiger partial charge in [0.2, 0.25) is 5.91 Å². The van der Waals surface area contributed by atoms with E-state index in [0.29, 0.717) is 12.1 Å². The van der Waals surface area contributed by atoms with E-state index in [1.807, 2.05) is 26.0 Å². The van der Waals surface area contributed by atoms with Crippen molar-refractivity contribution in [3.63, 3.8) is 0 Å². The van der Waals surface area contributed by atoms with Crippen LogP contribution in [0.5, 0.6) is 5.75 Å². The summed E-state index contributed by atoms with van der Waals surface area (Å²) < 4.78 is 5.61. The zero-order valence-electron chi connectivity index (χ0n) is 11.6. The minimum atomic E-state index is -0.253. The van der Waals surface area contributed by atoms with E-state index in [0.717, 1.165) is 30.8 Å². The van der Waals surface area contributed by atoms with Crippen LogP contribution in [0.1, 0.15) is 33.1 Å². The summed E-state index contributed by atoms with van der Waals surface area (Å²) in [6.07, 6.45) is 2.23. The molecule has 0 aromatic heterocycles. The Balaban J connectivity index is 2.44. The molecule has 5 heteroatoms. The Kier molecular flexibility index (Phi) is 5.99. The number of nitrogen functional groups attached to an aromatic ring is 1. The minimum absolute atomic E-state index is 0.116. The van der Waals surface area contributed by atoms with E-state index in [-0.39, 0.29) is 12.0 Å². The number of nitrogens with two attached hydrogens (primary N) is 2. The van der Waals surface area contributed by atoms with Gasteiger partial charge < -0.3 is 21.5 Å². The highest BCUT2D eigenvalue weighted by molar-refractivity contribution is 5.73. The van der Waals surface area contributed by atoms with Gasteiger partial charge in [0, 0.05) is 36.5 Å². The van der Waals surface area contributed by atoms with E-state index in [2.05, 4.69) is 5.32 Å². The molecule has 0 aliphatic rings. The molecule has 5 nitrogen and oxygen atoms in total. The molecule has 0 aliphatic heterocycles. The number of nitrogens with one attached hydrogen (secondary N) is 1. The lowest BCUT2D eigenvalue weighted by molar-refractivity contribution is -0.118. The largest absolute Gasteiger partial charge is 0.491 e. The van der Waals surface area contributed by atoms with Gasteiger partial charge in [-0.3, -0.25) is 4.79 Å². The van der Waals surface area contributed by atoms with Gasteiger partial charge >= 0.3 is 0 Å². The molecule has 0 bridgehead atoms. The van der Waals surface area contributed by atoms with E-state index in [1.54, 1.807) is 6.07 Å². The molecule has 0 spiro atoms. The number of anilines is 2. The van der Waals surface area contributed by atoms with Crippen LogP contribution >= 0.6 is 0 Å². The normalized spacial score (nSPS) is 10.5. The van der Waals surface area contributed by atoms with Crippen molar-refractivity contribution in [2.24, 2.45) is 5.73 Å². The summed E-state index contributed by atoms with van der Waals surface area (Å²) in [5, 5.41) is 3.26. The van der Waals surface area contributed by atoms with Gasteiger partial charge in [-0.25, -0.2) is 0 Å². The molecule has 0 heterocycles. The van der Waals surface area contributed by atoms with Crippen molar-refractivity contribution in [1.82, 2.24) is 0 Å². The second kappa shape index (κ2) is 7.51. The standard InChI is InChI=1S/C14H23N3O2/c1-10(2)19-13-8-11(15)7-12(9-13)17-6-4-3-5-14(16)18/h7-10,17H,3-6,15H2,1-2H3,(H2,16,18). The second-order valence-corrected chi connectivity index (χ2v) is 4.81. The van der Waals surface area contributed by atoms with Crippen LogP contribution in [0.4, 0.5) is 11.4 Å². The molecule has 0 fully saturated rings. The van der Waals surface area contributed by atoms with Crippen LogP contribution in [0.2, 0.25) is 0 Å². The monoisotopic (exact) mass is 265 g/mol. The van der Waals surface area contributed by atoms with Gasteiger partial charge in [-0.05, 0) is 32.8 Å². The highest BCUT2D eigenvalue weighted by atomic mass is 16.5. The number of carbonyl (C=O) groups is 1. The highest BCUT2D eigenvalue weighted by Crippen LogP contribution is 2.23. The Hall–Kier alpha value is -1.91. The smallest absolute Gasteiger partial charge is 0.217 e. The molecule has 0 atom stereocenters. The number of amides is 1. The lowest BCUT2D eigenvalue weighted by Crippen LogP contribution is -2.11. The first-order valence-corrected chi connectivity index (χ1v) is 6.57. The van der Waals surface area contributed by atoms with E-state index in [9.17, 15) is 4.79 Å². The molecule has 0 saturated heterocycles. The predicted octanol–water partition coefficient (Wildman–Crippen LogP) is 2.12. The first kappa shape index (κ1) is 15.1. The fraction of sp³-hybridized carbons (Fsp3) is 0.500. The van der Waals surface area contributed by atoms with E-state index >= 15 is 0 Å². The fourth-order valence-corrected chi connectivity index (χ4v) is 1.72. The summed E-state index contributed by atoms with van der Waals surface area (Å²) in [5.41, 5.74) is 12.5. The van der Waals surface area contributed by atoms with Gasteiger partial charge in [0.05, 0.1) is 6.10 Å². The summed E-state index contributed by atoms with van der Waals surface area (Å²) in [7, 11) is 0. The van der Waals surface area contributed by atoms with Crippen molar-refractivity contribution < 1.29 is 9.53 Å². The van der Waals surface area contributed by atoms with Crippen molar-refractivity contribution in [3.05, 3.63) is 18.2 Å². The van der Waals surface area contributed by atoms with Crippen LogP contribution in [0.25, 0.3) is 0 Å². The maximum absolute atomic E-state index is 10.6. The van der Waals surface area contributed by atoms with Crippen LogP contribution < -0.4 is 21.5 Å². The molecule has 1 aromatic carbocycles. The minimum Gasteiger partial charge on any atom is -0.491 e. The van der Waals surface area contributed by atoms with Crippen molar-refractivity contribution in [2.75, 3.05) is 17.6 Å². The van der Waals surface area contributed by atoms with E-state index in [1.165, 1.54) is 0 Å². The number of hydrogen-bond acceptors (Lipinski definition) is 4. The third kappa shape index (κ3) is 6.55. The van der Waals surface area contributed by atoms with Crippen LogP contribution in [0.15, 0.2) is 18.2 Å². The molecule has 0 aliphatic carbocycles. The van der Waals surface area contributed by atoms with Crippen molar-refractivity contribution in [1.29, 1.82) is 0 Å². The molecule has 106 valence electrons.